The van der Waals surface area contributed by atoms with Crippen molar-refractivity contribution in [2.75, 3.05) is 6.54 Å². The zero-order valence-electron chi connectivity index (χ0n) is 13.0. The monoisotopic (exact) mass is 272 g/mol. The van der Waals surface area contributed by atoms with Crippen LogP contribution in [0.2, 0.25) is 0 Å². The molecule has 0 aliphatic carbocycles. The minimum absolute atomic E-state index is 0.0119. The lowest BCUT2D eigenvalue weighted by Gasteiger charge is -2.22. The number of para-hydroxylation sites is 1. The van der Waals surface area contributed by atoms with Crippen molar-refractivity contribution in [3.63, 3.8) is 0 Å². The Bertz CT molecular complexity index is 617. The normalized spacial score (nSPS) is 12.1. The molecule has 20 heavy (non-hydrogen) atoms. The standard InChI is InChI=1S/C17H24N2O/c1-12(2)10-18-16(20)14-11-19(17(3,4)5)15-9-7-6-8-13(14)15/h6-9,11-12H,10H2,1-5H3,(H,18,20). The molecule has 0 atom stereocenters. The van der Waals surface area contributed by atoms with Gasteiger partial charge in [-0.05, 0) is 32.8 Å². The fourth-order valence-electron chi connectivity index (χ4n) is 2.31. The van der Waals surface area contributed by atoms with Crippen LogP contribution in [0.5, 0.6) is 0 Å². The molecule has 0 radical (unpaired) electrons. The van der Waals surface area contributed by atoms with Crippen LogP contribution < -0.4 is 5.32 Å². The van der Waals surface area contributed by atoms with Crippen LogP contribution in [-0.4, -0.2) is 17.0 Å². The number of carbonyl (C=O) groups is 1. The lowest BCUT2D eigenvalue weighted by molar-refractivity contribution is 0.0950. The lowest BCUT2D eigenvalue weighted by atomic mass is 10.1. The van der Waals surface area contributed by atoms with Gasteiger partial charge in [-0.15, -0.1) is 0 Å². The first kappa shape index (κ1) is 14.6. The summed E-state index contributed by atoms with van der Waals surface area (Å²) < 4.78 is 2.17. The quantitative estimate of drug-likeness (QED) is 0.906. The maximum Gasteiger partial charge on any atom is 0.253 e. The Morgan fingerprint density at radius 1 is 1.25 bits per heavy atom. The Hall–Kier alpha value is -1.77. The summed E-state index contributed by atoms with van der Waals surface area (Å²) in [7, 11) is 0. The number of nitrogens with zero attached hydrogens (tertiary/aromatic N) is 1. The van der Waals surface area contributed by atoms with E-state index in [4.69, 9.17) is 0 Å². The molecule has 2 aromatic rings. The first-order chi connectivity index (χ1) is 9.30. The highest BCUT2D eigenvalue weighted by Gasteiger charge is 2.20. The van der Waals surface area contributed by atoms with Crippen molar-refractivity contribution < 1.29 is 4.79 Å². The number of carbonyl (C=O) groups excluding carboxylic acids is 1. The van der Waals surface area contributed by atoms with Crippen LogP contribution in [0.1, 0.15) is 45.0 Å². The summed E-state index contributed by atoms with van der Waals surface area (Å²) in [4.78, 5) is 12.4. The summed E-state index contributed by atoms with van der Waals surface area (Å²) in [6.45, 7) is 11.3. The zero-order valence-corrected chi connectivity index (χ0v) is 13.0. The van der Waals surface area contributed by atoms with Gasteiger partial charge in [-0.25, -0.2) is 0 Å². The molecule has 0 unspecified atom stereocenters. The molecule has 0 spiro atoms. The van der Waals surface area contributed by atoms with Crippen molar-refractivity contribution in [2.24, 2.45) is 5.92 Å². The molecule has 1 heterocycles. The van der Waals surface area contributed by atoms with Crippen LogP contribution in [0.4, 0.5) is 0 Å². The predicted molar refractivity (Wildman–Crippen MR) is 84.1 cm³/mol. The van der Waals surface area contributed by atoms with Gasteiger partial charge < -0.3 is 9.88 Å². The van der Waals surface area contributed by atoms with Crippen molar-refractivity contribution >= 4 is 16.8 Å². The molecule has 3 heteroatoms. The topological polar surface area (TPSA) is 34.0 Å². The summed E-state index contributed by atoms with van der Waals surface area (Å²) in [6, 6.07) is 8.08. The van der Waals surface area contributed by atoms with Crippen molar-refractivity contribution in [3.8, 4) is 0 Å². The molecule has 0 saturated heterocycles. The van der Waals surface area contributed by atoms with E-state index >= 15 is 0 Å². The molecule has 1 amide bonds. The predicted octanol–water partition coefficient (Wildman–Crippen LogP) is 3.78. The van der Waals surface area contributed by atoms with E-state index in [9.17, 15) is 4.79 Å². The third-order valence-corrected chi connectivity index (χ3v) is 3.35. The van der Waals surface area contributed by atoms with Gasteiger partial charge in [0.15, 0.2) is 0 Å². The average molecular weight is 272 g/mol. The Labute approximate surface area is 121 Å². The third kappa shape index (κ3) is 2.87. The van der Waals surface area contributed by atoms with Gasteiger partial charge in [-0.3, -0.25) is 4.79 Å². The lowest BCUT2D eigenvalue weighted by Crippen LogP contribution is -2.27. The molecule has 0 fully saturated rings. The number of amides is 1. The first-order valence-corrected chi connectivity index (χ1v) is 7.19. The Kier molecular flexibility index (Phi) is 3.89. The molecule has 0 aliphatic heterocycles. The SMILES string of the molecule is CC(C)CNC(=O)c1cn(C(C)(C)C)c2ccccc12. The van der Waals surface area contributed by atoms with Crippen LogP contribution >= 0.6 is 0 Å². The van der Waals surface area contributed by atoms with Gasteiger partial charge in [0.2, 0.25) is 0 Å². The zero-order chi connectivity index (χ0) is 14.9. The van der Waals surface area contributed by atoms with E-state index in [1.54, 1.807) is 0 Å². The van der Waals surface area contributed by atoms with Crippen molar-refractivity contribution in [1.29, 1.82) is 0 Å². The largest absolute Gasteiger partial charge is 0.352 e. The molecule has 3 nitrogen and oxygen atoms in total. The Morgan fingerprint density at radius 2 is 1.90 bits per heavy atom. The molecule has 1 N–H and O–H groups in total. The highest BCUT2D eigenvalue weighted by molar-refractivity contribution is 6.07. The second kappa shape index (κ2) is 5.31. The van der Waals surface area contributed by atoms with Crippen molar-refractivity contribution in [3.05, 3.63) is 36.0 Å². The summed E-state index contributed by atoms with van der Waals surface area (Å²) >= 11 is 0. The number of benzene rings is 1. The third-order valence-electron chi connectivity index (χ3n) is 3.35. The van der Waals surface area contributed by atoms with E-state index < -0.39 is 0 Å². The molecule has 0 bridgehead atoms. The molecular formula is C17H24N2O. The van der Waals surface area contributed by atoms with E-state index in [1.807, 2.05) is 24.4 Å². The number of aromatic nitrogens is 1. The molecular weight excluding hydrogens is 248 g/mol. The summed E-state index contributed by atoms with van der Waals surface area (Å²) in [6.07, 6.45) is 1.97. The van der Waals surface area contributed by atoms with E-state index in [-0.39, 0.29) is 11.4 Å². The molecule has 108 valence electrons. The minimum Gasteiger partial charge on any atom is -0.352 e. The van der Waals surface area contributed by atoms with E-state index in [1.165, 1.54) is 0 Å². The average Bonchev–Trinajstić information content (AvgIpc) is 2.75. The molecule has 1 aromatic carbocycles. The highest BCUT2D eigenvalue weighted by Crippen LogP contribution is 2.27. The fourth-order valence-corrected chi connectivity index (χ4v) is 2.31. The van der Waals surface area contributed by atoms with E-state index in [2.05, 4.69) is 50.6 Å². The van der Waals surface area contributed by atoms with Gasteiger partial charge in [0, 0.05) is 29.2 Å². The molecule has 0 aliphatic rings. The molecule has 2 rings (SSSR count). The Morgan fingerprint density at radius 3 is 2.50 bits per heavy atom. The highest BCUT2D eigenvalue weighted by atomic mass is 16.1. The van der Waals surface area contributed by atoms with E-state index in [0.29, 0.717) is 12.5 Å². The van der Waals surface area contributed by atoms with Crippen LogP contribution in [0.15, 0.2) is 30.5 Å². The maximum atomic E-state index is 12.4. The number of hydrogen-bond acceptors (Lipinski definition) is 1. The number of rotatable bonds is 3. The number of fused-ring (bicyclic) bond motifs is 1. The van der Waals surface area contributed by atoms with Crippen molar-refractivity contribution in [1.82, 2.24) is 9.88 Å². The van der Waals surface area contributed by atoms with E-state index in [0.717, 1.165) is 16.5 Å². The first-order valence-electron chi connectivity index (χ1n) is 7.19. The van der Waals surface area contributed by atoms with Gasteiger partial charge in [0.25, 0.3) is 5.91 Å². The van der Waals surface area contributed by atoms with Crippen molar-refractivity contribution in [2.45, 2.75) is 40.2 Å². The minimum atomic E-state index is -0.0455. The van der Waals surface area contributed by atoms with Crippen LogP contribution in [0.3, 0.4) is 0 Å². The molecule has 1 aromatic heterocycles. The maximum absolute atomic E-state index is 12.4. The number of nitrogens with one attached hydrogen (secondary N) is 1. The van der Waals surface area contributed by atoms with Gasteiger partial charge >= 0.3 is 0 Å². The summed E-state index contributed by atoms with van der Waals surface area (Å²) in [5, 5.41) is 4.02. The molecule has 0 saturated carbocycles. The fraction of sp³-hybridized carbons (Fsp3) is 0.471. The number of hydrogen-bond donors (Lipinski definition) is 1. The van der Waals surface area contributed by atoms with Crippen LogP contribution in [-0.2, 0) is 5.54 Å². The van der Waals surface area contributed by atoms with Gasteiger partial charge in [-0.1, -0.05) is 32.0 Å². The second-order valence-electron chi connectivity index (χ2n) is 6.70. The Balaban J connectivity index is 2.46. The van der Waals surface area contributed by atoms with Gasteiger partial charge in [0.1, 0.15) is 0 Å². The smallest absolute Gasteiger partial charge is 0.253 e. The van der Waals surface area contributed by atoms with Gasteiger partial charge in [-0.2, -0.15) is 0 Å². The summed E-state index contributed by atoms with van der Waals surface area (Å²) in [5.74, 6) is 0.466. The summed E-state index contributed by atoms with van der Waals surface area (Å²) in [5.41, 5.74) is 1.82. The second-order valence-corrected chi connectivity index (χ2v) is 6.70. The van der Waals surface area contributed by atoms with Crippen LogP contribution in [0.25, 0.3) is 10.9 Å². The van der Waals surface area contributed by atoms with Gasteiger partial charge in [0.05, 0.1) is 5.56 Å². The van der Waals surface area contributed by atoms with Crippen LogP contribution in [0, 0.1) is 5.92 Å².